The number of hydrogen-bond donors (Lipinski definition) is 2. The number of aliphatic hydroxyl groups is 1. The zero-order valence-corrected chi connectivity index (χ0v) is 11.1. The Morgan fingerprint density at radius 1 is 1.28 bits per heavy atom. The van der Waals surface area contributed by atoms with Crippen molar-refractivity contribution in [1.29, 1.82) is 0 Å². The molecule has 1 aromatic rings. The van der Waals surface area contributed by atoms with E-state index in [0.29, 0.717) is 12.2 Å². The van der Waals surface area contributed by atoms with E-state index in [1.807, 2.05) is 26.0 Å². The second kappa shape index (κ2) is 7.13. The minimum absolute atomic E-state index is 0.0634. The van der Waals surface area contributed by atoms with Crippen molar-refractivity contribution in [2.75, 3.05) is 6.61 Å². The van der Waals surface area contributed by atoms with Crippen molar-refractivity contribution < 1.29 is 14.6 Å². The lowest BCUT2D eigenvalue weighted by atomic mass is 10.1. The quantitative estimate of drug-likeness (QED) is 0.809. The predicted octanol–water partition coefficient (Wildman–Crippen LogP) is 1.72. The summed E-state index contributed by atoms with van der Waals surface area (Å²) < 4.78 is 5.48. The van der Waals surface area contributed by atoms with Crippen molar-refractivity contribution in [3.05, 3.63) is 35.4 Å². The minimum atomic E-state index is -0.235. The fraction of sp³-hybridized carbons (Fsp3) is 0.500. The molecule has 4 heteroatoms. The van der Waals surface area contributed by atoms with Crippen LogP contribution in [0.4, 0.5) is 0 Å². The number of ether oxygens (including phenoxy) is 1. The first-order valence-electron chi connectivity index (χ1n) is 6.15. The highest BCUT2D eigenvalue weighted by Crippen LogP contribution is 2.07. The first kappa shape index (κ1) is 14.7. The summed E-state index contributed by atoms with van der Waals surface area (Å²) in [5.41, 5.74) is 1.62. The van der Waals surface area contributed by atoms with Crippen molar-refractivity contribution >= 4 is 5.91 Å². The summed E-state index contributed by atoms with van der Waals surface area (Å²) in [5.74, 6) is -0.173. The second-order valence-electron chi connectivity index (χ2n) is 4.61. The van der Waals surface area contributed by atoms with Gasteiger partial charge in [0, 0.05) is 11.6 Å². The normalized spacial score (nSPS) is 12.5. The van der Waals surface area contributed by atoms with Gasteiger partial charge in [0.15, 0.2) is 0 Å². The minimum Gasteiger partial charge on any atom is -0.394 e. The Bertz CT molecular complexity index is 373. The molecule has 0 aromatic heterocycles. The van der Waals surface area contributed by atoms with Crippen molar-refractivity contribution in [1.82, 2.24) is 5.32 Å². The molecule has 0 heterocycles. The lowest BCUT2D eigenvalue weighted by Gasteiger charge is -2.11. The summed E-state index contributed by atoms with van der Waals surface area (Å²) in [5, 5.41) is 11.6. The van der Waals surface area contributed by atoms with Crippen LogP contribution in [0.3, 0.4) is 0 Å². The van der Waals surface area contributed by atoms with Gasteiger partial charge in [-0.2, -0.15) is 0 Å². The molecule has 18 heavy (non-hydrogen) atoms. The van der Waals surface area contributed by atoms with Gasteiger partial charge >= 0.3 is 0 Å². The number of nitrogens with one attached hydrogen (secondary N) is 1. The van der Waals surface area contributed by atoms with Crippen LogP contribution in [0.15, 0.2) is 24.3 Å². The Kier molecular flexibility index (Phi) is 5.82. The maximum Gasteiger partial charge on any atom is 0.251 e. The van der Waals surface area contributed by atoms with Crippen LogP contribution in [-0.4, -0.2) is 29.8 Å². The molecule has 0 saturated heterocycles. The Hall–Kier alpha value is -1.39. The Morgan fingerprint density at radius 3 is 2.39 bits per heavy atom. The number of rotatable bonds is 6. The van der Waals surface area contributed by atoms with Crippen LogP contribution in [0.2, 0.25) is 0 Å². The molecule has 0 fully saturated rings. The van der Waals surface area contributed by atoms with Crippen molar-refractivity contribution in [3.63, 3.8) is 0 Å². The maximum absolute atomic E-state index is 11.7. The molecule has 0 aliphatic rings. The zero-order chi connectivity index (χ0) is 13.5. The molecule has 1 atom stereocenters. The fourth-order valence-electron chi connectivity index (χ4n) is 1.37. The summed E-state index contributed by atoms with van der Waals surface area (Å²) in [6.45, 7) is 6.21. The van der Waals surface area contributed by atoms with E-state index in [9.17, 15) is 4.79 Å². The first-order chi connectivity index (χ1) is 8.52. The SMILES string of the molecule is CC(C)OCc1ccc(C(=O)N[C@H](C)CO)cc1. The number of carbonyl (C=O) groups excluding carboxylic acids is 1. The number of amides is 1. The molecule has 0 spiro atoms. The maximum atomic E-state index is 11.7. The van der Waals surface area contributed by atoms with Crippen LogP contribution in [0, 0.1) is 0 Å². The Labute approximate surface area is 108 Å². The van der Waals surface area contributed by atoms with Crippen LogP contribution in [0.25, 0.3) is 0 Å². The third-order valence-corrected chi connectivity index (χ3v) is 2.45. The first-order valence-corrected chi connectivity index (χ1v) is 6.15. The molecule has 0 saturated carbocycles. The van der Waals surface area contributed by atoms with Crippen LogP contribution in [-0.2, 0) is 11.3 Å². The summed E-state index contributed by atoms with van der Waals surface area (Å²) >= 11 is 0. The number of benzene rings is 1. The average molecular weight is 251 g/mol. The van der Waals surface area contributed by atoms with Gasteiger partial charge in [0.05, 0.1) is 19.3 Å². The van der Waals surface area contributed by atoms with E-state index in [4.69, 9.17) is 9.84 Å². The van der Waals surface area contributed by atoms with E-state index in [1.165, 1.54) is 0 Å². The van der Waals surface area contributed by atoms with Crippen molar-refractivity contribution in [2.24, 2.45) is 0 Å². The molecule has 0 unspecified atom stereocenters. The smallest absolute Gasteiger partial charge is 0.251 e. The van der Waals surface area contributed by atoms with Gasteiger partial charge in [0.1, 0.15) is 0 Å². The standard InChI is InChI=1S/C14H21NO3/c1-10(2)18-9-12-4-6-13(7-5-12)14(17)15-11(3)8-16/h4-7,10-11,16H,8-9H2,1-3H3,(H,15,17)/t11-/m1/s1. The molecule has 0 aliphatic heterocycles. The van der Waals surface area contributed by atoms with Crippen molar-refractivity contribution in [3.8, 4) is 0 Å². The molecule has 100 valence electrons. The highest BCUT2D eigenvalue weighted by Gasteiger charge is 2.08. The lowest BCUT2D eigenvalue weighted by molar-refractivity contribution is 0.0656. The summed E-state index contributed by atoms with van der Waals surface area (Å²) in [6.07, 6.45) is 0.193. The van der Waals surface area contributed by atoms with Crippen LogP contribution < -0.4 is 5.32 Å². The van der Waals surface area contributed by atoms with Gasteiger partial charge in [0.2, 0.25) is 0 Å². The third-order valence-electron chi connectivity index (χ3n) is 2.45. The van der Waals surface area contributed by atoms with Gasteiger partial charge in [0.25, 0.3) is 5.91 Å². The van der Waals surface area contributed by atoms with Gasteiger partial charge in [-0.25, -0.2) is 0 Å². The lowest BCUT2D eigenvalue weighted by Crippen LogP contribution is -2.34. The molecule has 1 amide bonds. The fourth-order valence-corrected chi connectivity index (χ4v) is 1.37. The topological polar surface area (TPSA) is 58.6 Å². The Balaban J connectivity index is 2.56. The van der Waals surface area contributed by atoms with E-state index >= 15 is 0 Å². The zero-order valence-electron chi connectivity index (χ0n) is 11.1. The molecular formula is C14H21NO3. The Morgan fingerprint density at radius 2 is 1.89 bits per heavy atom. The molecule has 0 aliphatic carbocycles. The molecule has 1 rings (SSSR count). The predicted molar refractivity (Wildman–Crippen MR) is 70.4 cm³/mol. The summed E-state index contributed by atoms with van der Waals surface area (Å²) in [7, 11) is 0. The highest BCUT2D eigenvalue weighted by molar-refractivity contribution is 5.94. The average Bonchev–Trinajstić information content (AvgIpc) is 2.36. The largest absolute Gasteiger partial charge is 0.394 e. The van der Waals surface area contributed by atoms with Gasteiger partial charge in [-0.15, -0.1) is 0 Å². The van der Waals surface area contributed by atoms with Gasteiger partial charge in [-0.1, -0.05) is 12.1 Å². The molecule has 1 aromatic carbocycles. The third kappa shape index (κ3) is 4.85. The van der Waals surface area contributed by atoms with Gasteiger partial charge in [-0.05, 0) is 38.5 Å². The van der Waals surface area contributed by atoms with Crippen LogP contribution in [0.5, 0.6) is 0 Å². The van der Waals surface area contributed by atoms with E-state index < -0.39 is 0 Å². The van der Waals surface area contributed by atoms with E-state index in [2.05, 4.69) is 5.32 Å². The van der Waals surface area contributed by atoms with Crippen molar-refractivity contribution in [2.45, 2.75) is 39.5 Å². The van der Waals surface area contributed by atoms with Gasteiger partial charge in [-0.3, -0.25) is 4.79 Å². The van der Waals surface area contributed by atoms with Gasteiger partial charge < -0.3 is 15.2 Å². The summed E-state index contributed by atoms with van der Waals surface area (Å²) in [4.78, 5) is 11.7. The number of aliphatic hydroxyl groups excluding tert-OH is 1. The molecule has 2 N–H and O–H groups in total. The highest BCUT2D eigenvalue weighted by atomic mass is 16.5. The van der Waals surface area contributed by atoms with Crippen LogP contribution in [0.1, 0.15) is 36.7 Å². The van der Waals surface area contributed by atoms with E-state index in [-0.39, 0.29) is 24.7 Å². The second-order valence-corrected chi connectivity index (χ2v) is 4.61. The molecule has 0 bridgehead atoms. The summed E-state index contributed by atoms with van der Waals surface area (Å²) in [6, 6.07) is 7.04. The van der Waals surface area contributed by atoms with E-state index in [0.717, 1.165) is 5.56 Å². The molecule has 0 radical (unpaired) electrons. The number of hydrogen-bond acceptors (Lipinski definition) is 3. The molecular weight excluding hydrogens is 230 g/mol. The monoisotopic (exact) mass is 251 g/mol. The number of carbonyl (C=O) groups is 1. The molecule has 4 nitrogen and oxygen atoms in total. The van der Waals surface area contributed by atoms with E-state index in [1.54, 1.807) is 19.1 Å². The van der Waals surface area contributed by atoms with Crippen LogP contribution >= 0.6 is 0 Å².